The summed E-state index contributed by atoms with van der Waals surface area (Å²) in [4.78, 5) is 25.5. The molecule has 0 aromatic carbocycles. The van der Waals surface area contributed by atoms with Gasteiger partial charge in [0.25, 0.3) is 5.91 Å². The van der Waals surface area contributed by atoms with E-state index in [1.54, 1.807) is 12.1 Å². The maximum absolute atomic E-state index is 12.3. The zero-order chi connectivity index (χ0) is 13.4. The number of rotatable bonds is 1. The van der Waals surface area contributed by atoms with Crippen molar-refractivity contribution in [2.45, 2.75) is 32.2 Å². The summed E-state index contributed by atoms with van der Waals surface area (Å²) in [7, 11) is 0. The molecule has 0 spiro atoms. The molecule has 2 aliphatic heterocycles. The number of carbonyl (C=O) groups excluding carboxylic acids is 2. The first-order valence-electron chi connectivity index (χ1n) is 6.78. The molecular formula is C14H18N2O3. The molecule has 0 radical (unpaired) electrons. The first-order valence-corrected chi connectivity index (χ1v) is 6.78. The third-order valence-electron chi connectivity index (χ3n) is 4.06. The van der Waals surface area contributed by atoms with Gasteiger partial charge in [-0.15, -0.1) is 0 Å². The lowest BCUT2D eigenvalue weighted by molar-refractivity contribution is -0.125. The van der Waals surface area contributed by atoms with Gasteiger partial charge in [-0.2, -0.15) is 0 Å². The largest absolute Gasteiger partial charge is 0.456 e. The Hall–Kier alpha value is -1.78. The molecule has 0 bridgehead atoms. The van der Waals surface area contributed by atoms with Crippen LogP contribution < -0.4 is 5.32 Å². The summed E-state index contributed by atoms with van der Waals surface area (Å²) in [6.45, 7) is 3.23. The van der Waals surface area contributed by atoms with Gasteiger partial charge in [-0.3, -0.25) is 9.59 Å². The molecule has 1 aromatic heterocycles. The molecule has 0 aliphatic carbocycles. The van der Waals surface area contributed by atoms with Crippen LogP contribution in [0.15, 0.2) is 16.5 Å². The summed E-state index contributed by atoms with van der Waals surface area (Å²) in [6.07, 6.45) is 2.28. The molecule has 2 atom stereocenters. The van der Waals surface area contributed by atoms with E-state index in [9.17, 15) is 9.59 Å². The number of likely N-dealkylation sites (tertiary alicyclic amines) is 1. The van der Waals surface area contributed by atoms with E-state index >= 15 is 0 Å². The Bertz CT molecular complexity index is 509. The van der Waals surface area contributed by atoms with E-state index in [1.807, 2.05) is 11.8 Å². The topological polar surface area (TPSA) is 62.6 Å². The molecule has 2 saturated heterocycles. The van der Waals surface area contributed by atoms with Crippen molar-refractivity contribution < 1.29 is 14.0 Å². The van der Waals surface area contributed by atoms with Gasteiger partial charge in [0.1, 0.15) is 5.76 Å². The number of piperidine rings is 2. The van der Waals surface area contributed by atoms with E-state index in [0.717, 1.165) is 18.6 Å². The van der Waals surface area contributed by atoms with Crippen molar-refractivity contribution in [3.8, 4) is 0 Å². The highest BCUT2D eigenvalue weighted by atomic mass is 16.3. The van der Waals surface area contributed by atoms with Crippen molar-refractivity contribution in [2.24, 2.45) is 5.92 Å². The Balaban J connectivity index is 1.68. The number of nitrogens with zero attached hydrogens (tertiary/aromatic N) is 1. The zero-order valence-electron chi connectivity index (χ0n) is 11.0. The highest BCUT2D eigenvalue weighted by molar-refractivity contribution is 5.91. The molecule has 0 saturated carbocycles. The Morgan fingerprint density at radius 3 is 3.00 bits per heavy atom. The van der Waals surface area contributed by atoms with Crippen LogP contribution in [-0.2, 0) is 4.79 Å². The third kappa shape index (κ3) is 2.37. The van der Waals surface area contributed by atoms with Crippen LogP contribution in [0.2, 0.25) is 0 Å². The minimum absolute atomic E-state index is 0.0385. The Labute approximate surface area is 111 Å². The molecular weight excluding hydrogens is 244 g/mol. The van der Waals surface area contributed by atoms with Gasteiger partial charge in [-0.25, -0.2) is 0 Å². The molecule has 2 aliphatic rings. The predicted octanol–water partition coefficient (Wildman–Crippen LogP) is 1.33. The lowest BCUT2D eigenvalue weighted by Gasteiger charge is -2.41. The van der Waals surface area contributed by atoms with Crippen molar-refractivity contribution in [2.75, 3.05) is 13.1 Å². The van der Waals surface area contributed by atoms with Gasteiger partial charge in [0.2, 0.25) is 5.91 Å². The van der Waals surface area contributed by atoms with Crippen molar-refractivity contribution in [1.29, 1.82) is 0 Å². The predicted molar refractivity (Wildman–Crippen MR) is 68.6 cm³/mol. The maximum Gasteiger partial charge on any atom is 0.289 e. The van der Waals surface area contributed by atoms with Gasteiger partial charge in [-0.1, -0.05) is 0 Å². The van der Waals surface area contributed by atoms with Crippen molar-refractivity contribution in [3.63, 3.8) is 0 Å². The van der Waals surface area contributed by atoms with Gasteiger partial charge in [0.05, 0.1) is 0 Å². The molecule has 19 heavy (non-hydrogen) atoms. The summed E-state index contributed by atoms with van der Waals surface area (Å²) < 4.78 is 5.39. The van der Waals surface area contributed by atoms with E-state index in [2.05, 4.69) is 5.32 Å². The van der Waals surface area contributed by atoms with E-state index in [4.69, 9.17) is 4.42 Å². The average molecular weight is 262 g/mol. The van der Waals surface area contributed by atoms with E-state index < -0.39 is 0 Å². The van der Waals surface area contributed by atoms with Gasteiger partial charge < -0.3 is 14.6 Å². The second kappa shape index (κ2) is 4.72. The molecule has 5 nitrogen and oxygen atoms in total. The van der Waals surface area contributed by atoms with E-state index in [0.29, 0.717) is 31.2 Å². The van der Waals surface area contributed by atoms with Gasteiger partial charge >= 0.3 is 0 Å². The van der Waals surface area contributed by atoms with Crippen LogP contribution >= 0.6 is 0 Å². The molecule has 1 aromatic rings. The average Bonchev–Trinajstić information content (AvgIpc) is 2.84. The molecule has 3 rings (SSSR count). The molecule has 102 valence electrons. The smallest absolute Gasteiger partial charge is 0.289 e. The van der Waals surface area contributed by atoms with Crippen LogP contribution in [0.3, 0.4) is 0 Å². The molecule has 2 fully saturated rings. The second-order valence-corrected chi connectivity index (χ2v) is 5.42. The van der Waals surface area contributed by atoms with E-state index in [-0.39, 0.29) is 17.9 Å². The summed E-state index contributed by atoms with van der Waals surface area (Å²) in [5.74, 6) is 1.65. The highest BCUT2D eigenvalue weighted by Gasteiger charge is 2.35. The first-order chi connectivity index (χ1) is 9.13. The van der Waals surface area contributed by atoms with Gasteiger partial charge in [0.15, 0.2) is 5.76 Å². The standard InChI is InChI=1S/C14H18N2O3/c1-9-2-4-12(19-9)14(18)16-7-6-11-10(8-16)3-5-13(17)15-11/h2,4,10-11H,3,5-8H2,1H3,(H,15,17). The van der Waals surface area contributed by atoms with Crippen LogP contribution in [0.4, 0.5) is 0 Å². The summed E-state index contributed by atoms with van der Waals surface area (Å²) >= 11 is 0. The minimum atomic E-state index is -0.0385. The summed E-state index contributed by atoms with van der Waals surface area (Å²) in [6, 6.07) is 3.77. The fraction of sp³-hybridized carbons (Fsp3) is 0.571. The van der Waals surface area contributed by atoms with Crippen molar-refractivity contribution in [3.05, 3.63) is 23.7 Å². The highest BCUT2D eigenvalue weighted by Crippen LogP contribution is 2.26. The minimum Gasteiger partial charge on any atom is -0.456 e. The molecule has 2 unspecified atom stereocenters. The van der Waals surface area contributed by atoms with Crippen LogP contribution in [0.5, 0.6) is 0 Å². The molecule has 1 N–H and O–H groups in total. The molecule has 3 heterocycles. The first kappa shape index (κ1) is 12.3. The normalized spacial score (nSPS) is 26.8. The Kier molecular flexibility index (Phi) is 3.05. The van der Waals surface area contributed by atoms with Crippen molar-refractivity contribution in [1.82, 2.24) is 10.2 Å². The fourth-order valence-electron chi connectivity index (χ4n) is 3.00. The van der Waals surface area contributed by atoms with E-state index in [1.165, 1.54) is 0 Å². The Morgan fingerprint density at radius 1 is 1.42 bits per heavy atom. The SMILES string of the molecule is Cc1ccc(C(=O)N2CCC3NC(=O)CCC3C2)o1. The number of amides is 2. The number of nitrogens with one attached hydrogen (secondary N) is 1. The molecule has 2 amide bonds. The number of furan rings is 1. The van der Waals surface area contributed by atoms with Gasteiger partial charge in [-0.05, 0) is 37.8 Å². The van der Waals surface area contributed by atoms with Crippen molar-refractivity contribution >= 4 is 11.8 Å². The lowest BCUT2D eigenvalue weighted by atomic mass is 9.85. The lowest BCUT2D eigenvalue weighted by Crippen LogP contribution is -2.55. The number of carbonyl (C=O) groups is 2. The monoisotopic (exact) mass is 262 g/mol. The summed E-state index contributed by atoms with van der Waals surface area (Å²) in [5.41, 5.74) is 0. The quantitative estimate of drug-likeness (QED) is 0.830. The third-order valence-corrected chi connectivity index (χ3v) is 4.06. The summed E-state index contributed by atoms with van der Waals surface area (Å²) in [5, 5.41) is 3.02. The second-order valence-electron chi connectivity index (χ2n) is 5.42. The maximum atomic E-state index is 12.3. The number of hydrogen-bond acceptors (Lipinski definition) is 3. The number of hydrogen-bond donors (Lipinski definition) is 1. The number of fused-ring (bicyclic) bond motifs is 1. The van der Waals surface area contributed by atoms with Crippen LogP contribution in [0.25, 0.3) is 0 Å². The van der Waals surface area contributed by atoms with Crippen LogP contribution in [-0.4, -0.2) is 35.8 Å². The van der Waals surface area contributed by atoms with Gasteiger partial charge in [0, 0.05) is 25.6 Å². The Morgan fingerprint density at radius 2 is 2.26 bits per heavy atom. The molecule has 5 heteroatoms. The number of aryl methyl sites for hydroxylation is 1. The zero-order valence-corrected chi connectivity index (χ0v) is 11.0. The van der Waals surface area contributed by atoms with Crippen LogP contribution in [0.1, 0.15) is 35.6 Å². The van der Waals surface area contributed by atoms with Crippen LogP contribution in [0, 0.1) is 12.8 Å². The fourth-order valence-corrected chi connectivity index (χ4v) is 3.00.